The number of aliphatic carboxylic acids is 1. The average Bonchev–Trinajstić information content (AvgIpc) is 3.58. The van der Waals surface area contributed by atoms with Crippen molar-refractivity contribution in [2.75, 3.05) is 19.6 Å². The summed E-state index contributed by atoms with van der Waals surface area (Å²) in [4.78, 5) is 21.2. The van der Waals surface area contributed by atoms with Gasteiger partial charge in [-0.3, -0.25) is 4.79 Å². The largest absolute Gasteiger partial charge is 0.481 e. The number of carboxylic acids is 1. The first-order valence-corrected chi connectivity index (χ1v) is 16.6. The SMILES string of the molecule is CCc1nc(Cc2ccc(F)cc2)sc1C1CCN(CC2CC([C@H](CC3CC3)C(=O)O)CC2c2cccc(F)c2)CC1.Cl.Cl. The quantitative estimate of drug-likeness (QED) is 0.222. The second-order valence-corrected chi connectivity index (χ2v) is 14.0. The van der Waals surface area contributed by atoms with Gasteiger partial charge in [-0.15, -0.1) is 36.2 Å². The molecule has 3 unspecified atom stereocenters. The maximum absolute atomic E-state index is 14.3. The molecule has 2 aromatic carbocycles. The Labute approximate surface area is 276 Å². The number of carboxylic acid groups (broad SMARTS) is 1. The van der Waals surface area contributed by atoms with Gasteiger partial charge >= 0.3 is 5.97 Å². The number of likely N-dealkylation sites (tertiary alicyclic amines) is 1. The fraction of sp³-hybridized carbons (Fsp3) is 0.543. The van der Waals surface area contributed by atoms with E-state index in [0.29, 0.717) is 17.8 Å². The zero-order valence-corrected chi connectivity index (χ0v) is 27.7. The summed E-state index contributed by atoms with van der Waals surface area (Å²) in [6.45, 7) is 5.15. The van der Waals surface area contributed by atoms with Gasteiger partial charge in [0.15, 0.2) is 0 Å². The van der Waals surface area contributed by atoms with Crippen LogP contribution in [0.25, 0.3) is 0 Å². The Hall–Kier alpha value is -2.06. The number of aromatic nitrogens is 1. The zero-order chi connectivity index (χ0) is 29.2. The van der Waals surface area contributed by atoms with E-state index in [-0.39, 0.29) is 54.2 Å². The van der Waals surface area contributed by atoms with Crippen LogP contribution in [0.15, 0.2) is 48.5 Å². The number of aryl methyl sites for hydroxylation is 1. The minimum Gasteiger partial charge on any atom is -0.481 e. The van der Waals surface area contributed by atoms with Gasteiger partial charge in [0.25, 0.3) is 0 Å². The minimum atomic E-state index is -0.651. The van der Waals surface area contributed by atoms with Crippen LogP contribution in [0, 0.1) is 35.3 Å². The van der Waals surface area contributed by atoms with Gasteiger partial charge in [0, 0.05) is 17.8 Å². The first kappa shape index (κ1) is 34.8. The number of carbonyl (C=O) groups is 1. The second-order valence-electron chi connectivity index (χ2n) is 12.9. The van der Waals surface area contributed by atoms with E-state index >= 15 is 0 Å². The van der Waals surface area contributed by atoms with E-state index < -0.39 is 5.97 Å². The maximum atomic E-state index is 14.3. The summed E-state index contributed by atoms with van der Waals surface area (Å²) >= 11 is 1.82. The van der Waals surface area contributed by atoms with Crippen molar-refractivity contribution in [2.45, 2.75) is 76.5 Å². The number of hydrogen-bond donors (Lipinski definition) is 1. The van der Waals surface area contributed by atoms with E-state index in [0.717, 1.165) is 93.6 Å². The van der Waals surface area contributed by atoms with Gasteiger partial charge in [-0.2, -0.15) is 0 Å². The first-order valence-electron chi connectivity index (χ1n) is 15.8. The molecule has 0 amide bonds. The normalized spacial score (nSPS) is 23.1. The molecule has 2 heterocycles. The predicted molar refractivity (Wildman–Crippen MR) is 177 cm³/mol. The average molecular weight is 666 g/mol. The summed E-state index contributed by atoms with van der Waals surface area (Å²) in [5.41, 5.74) is 3.31. The van der Waals surface area contributed by atoms with Crippen LogP contribution in [0.3, 0.4) is 0 Å². The van der Waals surface area contributed by atoms with Crippen LogP contribution in [0.2, 0.25) is 0 Å². The Morgan fingerprint density at radius 2 is 1.75 bits per heavy atom. The number of piperidine rings is 1. The van der Waals surface area contributed by atoms with E-state index in [1.807, 2.05) is 29.5 Å². The Morgan fingerprint density at radius 1 is 1.02 bits per heavy atom. The summed E-state index contributed by atoms with van der Waals surface area (Å²) in [6, 6.07) is 13.7. The van der Waals surface area contributed by atoms with Crippen LogP contribution in [0.1, 0.15) is 90.4 Å². The van der Waals surface area contributed by atoms with Crippen molar-refractivity contribution in [3.63, 3.8) is 0 Å². The van der Waals surface area contributed by atoms with E-state index in [2.05, 4.69) is 11.8 Å². The summed E-state index contributed by atoms with van der Waals surface area (Å²) in [6.07, 6.45) is 8.70. The number of halogens is 4. The van der Waals surface area contributed by atoms with Crippen LogP contribution in [-0.4, -0.2) is 40.6 Å². The van der Waals surface area contributed by atoms with Crippen LogP contribution in [-0.2, 0) is 17.6 Å². The highest BCUT2D eigenvalue weighted by Crippen LogP contribution is 2.50. The molecule has 3 aliphatic rings. The molecule has 0 bridgehead atoms. The monoisotopic (exact) mass is 664 g/mol. The van der Waals surface area contributed by atoms with Gasteiger partial charge < -0.3 is 10.0 Å². The molecular formula is C35H44Cl2F2N2O2S. The minimum absolute atomic E-state index is 0. The molecule has 3 aromatic rings. The summed E-state index contributed by atoms with van der Waals surface area (Å²) < 4.78 is 27.6. The van der Waals surface area contributed by atoms with Crippen molar-refractivity contribution in [3.05, 3.63) is 86.9 Å². The van der Waals surface area contributed by atoms with E-state index in [1.165, 1.54) is 28.8 Å². The Bertz CT molecular complexity index is 1380. The van der Waals surface area contributed by atoms with E-state index in [1.54, 1.807) is 12.1 Å². The van der Waals surface area contributed by atoms with Crippen LogP contribution in [0.4, 0.5) is 8.78 Å². The highest BCUT2D eigenvalue weighted by atomic mass is 35.5. The number of hydrogen-bond acceptors (Lipinski definition) is 4. The lowest BCUT2D eigenvalue weighted by Gasteiger charge is -2.35. The van der Waals surface area contributed by atoms with Gasteiger partial charge in [0.05, 0.1) is 16.6 Å². The topological polar surface area (TPSA) is 53.4 Å². The molecule has 6 rings (SSSR count). The first-order chi connectivity index (χ1) is 20.4. The van der Waals surface area contributed by atoms with Gasteiger partial charge in [0.2, 0.25) is 0 Å². The summed E-state index contributed by atoms with van der Waals surface area (Å²) in [5, 5.41) is 11.2. The molecular weight excluding hydrogens is 621 g/mol. The molecule has 1 aliphatic heterocycles. The molecule has 2 aliphatic carbocycles. The molecule has 2 saturated carbocycles. The van der Waals surface area contributed by atoms with Crippen LogP contribution < -0.4 is 0 Å². The maximum Gasteiger partial charge on any atom is 0.306 e. The van der Waals surface area contributed by atoms with Gasteiger partial charge in [-0.1, -0.05) is 44.0 Å². The standard InChI is InChI=1S/C35H42F2N2O2S.2ClH/c1-2-32-34(42-33(38-32)17-23-8-10-28(36)11-9-23)24-12-14-39(15-13-24)21-27-18-26(31(35(40)41)16-22-6-7-22)20-30(27)25-4-3-5-29(37)19-25;;/h3-5,8-11,19,22,24,26-27,30-31H,2,6-7,12-18,20-21H2,1H3,(H,40,41);2*1H/t26?,27?,30?,31-;;/m0../s1. The molecule has 9 heteroatoms. The fourth-order valence-corrected chi connectivity index (χ4v) is 8.96. The molecule has 4 atom stereocenters. The fourth-order valence-electron chi connectivity index (χ4n) is 7.60. The molecule has 240 valence electrons. The van der Waals surface area contributed by atoms with Crippen LogP contribution >= 0.6 is 36.2 Å². The molecule has 1 N–H and O–H groups in total. The molecule has 1 saturated heterocycles. The lowest BCUT2D eigenvalue weighted by molar-refractivity contribution is -0.144. The van der Waals surface area contributed by atoms with Crippen molar-refractivity contribution in [1.82, 2.24) is 9.88 Å². The number of nitrogens with zero attached hydrogens (tertiary/aromatic N) is 2. The summed E-state index contributed by atoms with van der Waals surface area (Å²) in [5.74, 6) is 0.413. The van der Waals surface area contributed by atoms with Crippen molar-refractivity contribution in [1.29, 1.82) is 0 Å². The third-order valence-corrected chi connectivity index (χ3v) is 11.3. The Kier molecular flexibility index (Phi) is 12.3. The van der Waals surface area contributed by atoms with Crippen molar-refractivity contribution in [3.8, 4) is 0 Å². The molecule has 0 spiro atoms. The number of rotatable bonds is 11. The highest BCUT2D eigenvalue weighted by molar-refractivity contribution is 7.11. The van der Waals surface area contributed by atoms with E-state index in [9.17, 15) is 18.7 Å². The van der Waals surface area contributed by atoms with Crippen molar-refractivity contribution >= 4 is 42.1 Å². The zero-order valence-electron chi connectivity index (χ0n) is 25.3. The van der Waals surface area contributed by atoms with Crippen molar-refractivity contribution < 1.29 is 18.7 Å². The lowest BCUT2D eigenvalue weighted by Crippen LogP contribution is -2.37. The highest BCUT2D eigenvalue weighted by Gasteiger charge is 2.43. The number of thiazole rings is 1. The molecule has 44 heavy (non-hydrogen) atoms. The van der Waals surface area contributed by atoms with Gasteiger partial charge in [-0.25, -0.2) is 13.8 Å². The molecule has 1 aromatic heterocycles. The third kappa shape index (κ3) is 8.39. The predicted octanol–water partition coefficient (Wildman–Crippen LogP) is 8.91. The van der Waals surface area contributed by atoms with Gasteiger partial charge in [0.1, 0.15) is 11.6 Å². The third-order valence-electron chi connectivity index (χ3n) is 10.0. The summed E-state index contributed by atoms with van der Waals surface area (Å²) in [7, 11) is 0. The number of benzene rings is 2. The second kappa shape index (κ2) is 15.5. The Balaban J connectivity index is 0.00000221. The molecule has 0 radical (unpaired) electrons. The molecule has 3 fully saturated rings. The Morgan fingerprint density at radius 3 is 2.39 bits per heavy atom. The lowest BCUT2D eigenvalue weighted by atomic mass is 9.85. The van der Waals surface area contributed by atoms with Crippen molar-refractivity contribution in [2.24, 2.45) is 23.7 Å². The van der Waals surface area contributed by atoms with Crippen LogP contribution in [0.5, 0.6) is 0 Å². The van der Waals surface area contributed by atoms with Gasteiger partial charge in [-0.05, 0) is 117 Å². The van der Waals surface area contributed by atoms with E-state index in [4.69, 9.17) is 4.98 Å². The smallest absolute Gasteiger partial charge is 0.306 e. The molecule has 4 nitrogen and oxygen atoms in total.